The quantitative estimate of drug-likeness (QED) is 0.739. The number of hydrogen-bond acceptors (Lipinski definition) is 3. The number of nitrogens with one attached hydrogen (secondary N) is 1. The van der Waals surface area contributed by atoms with Crippen molar-refractivity contribution in [1.29, 1.82) is 0 Å². The second-order valence-electron chi connectivity index (χ2n) is 6.16. The van der Waals surface area contributed by atoms with Crippen molar-refractivity contribution in [2.45, 2.75) is 38.0 Å². The minimum Gasteiger partial charge on any atom is -0.372 e. The Labute approximate surface area is 150 Å². The third kappa shape index (κ3) is 8.07. The average Bonchev–Trinajstić information content (AvgIpc) is 2.55. The summed E-state index contributed by atoms with van der Waals surface area (Å²) in [6.07, 6.45) is -2.76. The minimum atomic E-state index is -4.35. The van der Waals surface area contributed by atoms with Gasteiger partial charge in [-0.1, -0.05) is 23.7 Å². The lowest BCUT2D eigenvalue weighted by Gasteiger charge is -2.32. The summed E-state index contributed by atoms with van der Waals surface area (Å²) in [6.45, 7) is 1.02. The van der Waals surface area contributed by atoms with Crippen LogP contribution in [0.5, 0.6) is 0 Å². The molecule has 2 rings (SSSR count). The molecule has 1 aliphatic rings. The predicted molar refractivity (Wildman–Crippen MR) is 89.4 cm³/mol. The van der Waals surface area contributed by atoms with Crippen molar-refractivity contribution in [2.75, 3.05) is 26.3 Å². The molecule has 1 saturated heterocycles. The molecule has 1 fully saturated rings. The molecule has 1 amide bonds. The zero-order valence-corrected chi connectivity index (χ0v) is 14.6. The summed E-state index contributed by atoms with van der Waals surface area (Å²) < 4.78 is 40.2. The molecule has 0 atom stereocenters. The van der Waals surface area contributed by atoms with Gasteiger partial charge in [-0.3, -0.25) is 9.69 Å². The van der Waals surface area contributed by atoms with Crippen molar-refractivity contribution in [3.8, 4) is 0 Å². The van der Waals surface area contributed by atoms with Crippen LogP contribution in [0.1, 0.15) is 24.8 Å². The smallest absolute Gasteiger partial charge is 0.372 e. The number of ether oxygens (including phenoxy) is 1. The molecule has 0 saturated carbocycles. The van der Waals surface area contributed by atoms with Gasteiger partial charge in [0.1, 0.15) is 6.61 Å². The van der Waals surface area contributed by atoms with Gasteiger partial charge >= 0.3 is 6.18 Å². The SMILES string of the molecule is O=C(CCOCC(F)(F)F)NC1CCN(Cc2ccc(Cl)cc2)CC1. The lowest BCUT2D eigenvalue weighted by Crippen LogP contribution is -2.44. The Morgan fingerprint density at radius 2 is 1.88 bits per heavy atom. The van der Waals surface area contributed by atoms with Crippen molar-refractivity contribution >= 4 is 17.5 Å². The Bertz CT molecular complexity index is 544. The van der Waals surface area contributed by atoms with E-state index in [2.05, 4.69) is 15.0 Å². The van der Waals surface area contributed by atoms with Gasteiger partial charge in [0.05, 0.1) is 6.61 Å². The lowest BCUT2D eigenvalue weighted by atomic mass is 10.0. The highest BCUT2D eigenvalue weighted by molar-refractivity contribution is 6.30. The average molecular weight is 379 g/mol. The Kier molecular flexibility index (Phi) is 7.53. The van der Waals surface area contributed by atoms with Gasteiger partial charge in [0, 0.05) is 37.1 Å². The van der Waals surface area contributed by atoms with E-state index < -0.39 is 12.8 Å². The first-order valence-corrected chi connectivity index (χ1v) is 8.60. The van der Waals surface area contributed by atoms with E-state index in [9.17, 15) is 18.0 Å². The van der Waals surface area contributed by atoms with Crippen LogP contribution in [0.2, 0.25) is 5.02 Å². The molecular weight excluding hydrogens is 357 g/mol. The molecule has 1 aromatic carbocycles. The first kappa shape index (κ1) is 20.0. The number of piperidine rings is 1. The summed E-state index contributed by atoms with van der Waals surface area (Å²) in [5, 5.41) is 3.58. The molecule has 0 bridgehead atoms. The Morgan fingerprint density at radius 1 is 1.24 bits per heavy atom. The van der Waals surface area contributed by atoms with Crippen LogP contribution in [0.25, 0.3) is 0 Å². The molecule has 0 spiro atoms. The van der Waals surface area contributed by atoms with Crippen LogP contribution in [0.4, 0.5) is 13.2 Å². The predicted octanol–water partition coefficient (Wildman–Crippen LogP) is 3.39. The van der Waals surface area contributed by atoms with Crippen molar-refractivity contribution < 1.29 is 22.7 Å². The molecule has 140 valence electrons. The number of amides is 1. The van der Waals surface area contributed by atoms with Gasteiger partial charge in [-0.15, -0.1) is 0 Å². The van der Waals surface area contributed by atoms with E-state index in [0.717, 1.165) is 32.5 Å². The van der Waals surface area contributed by atoms with E-state index in [-0.39, 0.29) is 25.0 Å². The largest absolute Gasteiger partial charge is 0.411 e. The number of alkyl halides is 3. The summed E-state index contributed by atoms with van der Waals surface area (Å²) in [5.74, 6) is -0.265. The summed E-state index contributed by atoms with van der Waals surface area (Å²) in [7, 11) is 0. The number of benzene rings is 1. The van der Waals surface area contributed by atoms with Crippen LogP contribution in [-0.2, 0) is 16.1 Å². The maximum atomic E-state index is 11.9. The zero-order chi connectivity index (χ0) is 18.3. The van der Waals surface area contributed by atoms with E-state index in [4.69, 9.17) is 11.6 Å². The Morgan fingerprint density at radius 3 is 2.48 bits per heavy atom. The van der Waals surface area contributed by atoms with E-state index in [1.165, 1.54) is 5.56 Å². The summed E-state index contributed by atoms with van der Waals surface area (Å²) in [4.78, 5) is 14.0. The van der Waals surface area contributed by atoms with Crippen molar-refractivity contribution in [3.05, 3.63) is 34.9 Å². The van der Waals surface area contributed by atoms with Crippen LogP contribution >= 0.6 is 11.6 Å². The van der Waals surface area contributed by atoms with Crippen LogP contribution in [-0.4, -0.2) is 49.3 Å². The number of rotatable bonds is 7. The molecule has 0 radical (unpaired) electrons. The molecule has 8 heteroatoms. The summed E-state index contributed by atoms with van der Waals surface area (Å²) in [5.41, 5.74) is 1.19. The minimum absolute atomic E-state index is 0.0545. The standard InChI is InChI=1S/C17H22ClF3N2O2/c18-14-3-1-13(2-4-14)11-23-8-5-15(6-9-23)22-16(24)7-10-25-12-17(19,20)21/h1-4,15H,5-12H2,(H,22,24). The molecular formula is C17H22ClF3N2O2. The van der Waals surface area contributed by atoms with Gasteiger partial charge < -0.3 is 10.1 Å². The summed E-state index contributed by atoms with van der Waals surface area (Å²) >= 11 is 5.87. The molecule has 0 aliphatic carbocycles. The fraction of sp³-hybridized carbons (Fsp3) is 0.588. The van der Waals surface area contributed by atoms with Gasteiger partial charge in [-0.25, -0.2) is 0 Å². The number of likely N-dealkylation sites (tertiary alicyclic amines) is 1. The van der Waals surface area contributed by atoms with Crippen molar-refractivity contribution in [3.63, 3.8) is 0 Å². The van der Waals surface area contributed by atoms with Gasteiger partial charge in [0.25, 0.3) is 0 Å². The van der Waals surface area contributed by atoms with E-state index in [1.54, 1.807) is 0 Å². The number of nitrogens with zero attached hydrogens (tertiary/aromatic N) is 1. The van der Waals surface area contributed by atoms with Crippen molar-refractivity contribution in [1.82, 2.24) is 10.2 Å². The molecule has 1 N–H and O–H groups in total. The number of hydrogen-bond donors (Lipinski definition) is 1. The van der Waals surface area contributed by atoms with Gasteiger partial charge in [0.15, 0.2) is 0 Å². The first-order valence-electron chi connectivity index (χ1n) is 8.22. The summed E-state index contributed by atoms with van der Waals surface area (Å²) in [6, 6.07) is 7.79. The maximum Gasteiger partial charge on any atom is 0.411 e. The second kappa shape index (κ2) is 9.40. The third-order valence-corrected chi connectivity index (χ3v) is 4.26. The van der Waals surface area contributed by atoms with Gasteiger partial charge in [0.2, 0.25) is 5.91 Å². The molecule has 0 unspecified atom stereocenters. The highest BCUT2D eigenvalue weighted by Crippen LogP contribution is 2.16. The Balaban J connectivity index is 1.61. The number of carbonyl (C=O) groups excluding carboxylic acids is 1. The molecule has 4 nitrogen and oxygen atoms in total. The highest BCUT2D eigenvalue weighted by Gasteiger charge is 2.27. The maximum absolute atomic E-state index is 11.9. The Hall–Kier alpha value is -1.31. The lowest BCUT2D eigenvalue weighted by molar-refractivity contribution is -0.174. The number of halogens is 4. The van der Waals surface area contributed by atoms with Crippen molar-refractivity contribution in [2.24, 2.45) is 0 Å². The molecule has 1 heterocycles. The number of carbonyl (C=O) groups is 1. The fourth-order valence-corrected chi connectivity index (χ4v) is 2.86. The van der Waals surface area contributed by atoms with Crippen LogP contribution in [0.3, 0.4) is 0 Å². The monoisotopic (exact) mass is 378 g/mol. The van der Waals surface area contributed by atoms with Gasteiger partial charge in [-0.05, 0) is 30.5 Å². The van der Waals surface area contributed by atoms with Crippen LogP contribution in [0, 0.1) is 0 Å². The van der Waals surface area contributed by atoms with Crippen LogP contribution in [0.15, 0.2) is 24.3 Å². The normalized spacial score (nSPS) is 16.8. The molecule has 25 heavy (non-hydrogen) atoms. The molecule has 0 aromatic heterocycles. The van der Waals surface area contributed by atoms with Gasteiger partial charge in [-0.2, -0.15) is 13.2 Å². The second-order valence-corrected chi connectivity index (χ2v) is 6.60. The topological polar surface area (TPSA) is 41.6 Å². The molecule has 1 aromatic rings. The highest BCUT2D eigenvalue weighted by atomic mass is 35.5. The zero-order valence-electron chi connectivity index (χ0n) is 13.8. The first-order chi connectivity index (χ1) is 11.8. The van der Waals surface area contributed by atoms with Crippen LogP contribution < -0.4 is 5.32 Å². The van der Waals surface area contributed by atoms with E-state index >= 15 is 0 Å². The van der Waals surface area contributed by atoms with E-state index in [0.29, 0.717) is 5.02 Å². The molecule has 1 aliphatic heterocycles. The fourth-order valence-electron chi connectivity index (χ4n) is 2.74. The van der Waals surface area contributed by atoms with E-state index in [1.807, 2.05) is 24.3 Å². The third-order valence-electron chi connectivity index (χ3n) is 4.01.